The Labute approximate surface area is 128 Å². The van der Waals surface area contributed by atoms with Crippen LogP contribution in [0.4, 0.5) is 5.69 Å². The molecule has 2 unspecified atom stereocenters. The summed E-state index contributed by atoms with van der Waals surface area (Å²) in [6.45, 7) is 2.30. The van der Waals surface area contributed by atoms with Gasteiger partial charge in [0.1, 0.15) is 0 Å². The van der Waals surface area contributed by atoms with Gasteiger partial charge in [-0.3, -0.25) is 4.79 Å². The van der Waals surface area contributed by atoms with Gasteiger partial charge in [-0.15, -0.1) is 0 Å². The lowest BCUT2D eigenvalue weighted by Gasteiger charge is -2.18. The monoisotopic (exact) mass is 288 g/mol. The van der Waals surface area contributed by atoms with E-state index in [4.69, 9.17) is 0 Å². The van der Waals surface area contributed by atoms with Crippen molar-refractivity contribution >= 4 is 11.6 Å². The van der Waals surface area contributed by atoms with Crippen LogP contribution in [-0.2, 0) is 0 Å². The van der Waals surface area contributed by atoms with Gasteiger partial charge in [-0.1, -0.05) is 26.2 Å². The molecule has 1 N–H and O–H groups in total. The second-order valence-corrected chi connectivity index (χ2v) is 6.40. The minimum absolute atomic E-state index is 0.0572. The summed E-state index contributed by atoms with van der Waals surface area (Å²) < 4.78 is 0. The second-order valence-electron chi connectivity index (χ2n) is 6.40. The molecule has 3 nitrogen and oxygen atoms in total. The summed E-state index contributed by atoms with van der Waals surface area (Å²) in [6, 6.07) is 8.46. The molecule has 0 aromatic heterocycles. The van der Waals surface area contributed by atoms with E-state index in [0.717, 1.165) is 17.2 Å². The zero-order valence-electron chi connectivity index (χ0n) is 13.6. The van der Waals surface area contributed by atoms with Crippen LogP contribution >= 0.6 is 0 Å². The molecule has 0 aliphatic heterocycles. The van der Waals surface area contributed by atoms with Gasteiger partial charge in [0.15, 0.2) is 0 Å². The molecule has 0 spiro atoms. The van der Waals surface area contributed by atoms with E-state index >= 15 is 0 Å². The van der Waals surface area contributed by atoms with E-state index in [1.807, 2.05) is 24.3 Å². The van der Waals surface area contributed by atoms with Crippen molar-refractivity contribution in [1.29, 1.82) is 0 Å². The van der Waals surface area contributed by atoms with Crippen molar-refractivity contribution in [3.05, 3.63) is 29.8 Å². The van der Waals surface area contributed by atoms with Gasteiger partial charge >= 0.3 is 0 Å². The molecule has 0 bridgehead atoms. The number of benzene rings is 1. The van der Waals surface area contributed by atoms with E-state index in [1.165, 1.54) is 38.5 Å². The maximum Gasteiger partial charge on any atom is 0.253 e. The SMILES string of the molecule is CCC1CCCC(Nc2ccc(C(=O)N(C)C)cc2)CC1. The van der Waals surface area contributed by atoms with E-state index in [-0.39, 0.29) is 5.91 Å². The first-order valence-electron chi connectivity index (χ1n) is 8.18. The van der Waals surface area contributed by atoms with Crippen LogP contribution in [-0.4, -0.2) is 30.9 Å². The Kier molecular flexibility index (Phi) is 5.66. The fourth-order valence-electron chi connectivity index (χ4n) is 3.13. The van der Waals surface area contributed by atoms with Crippen LogP contribution in [0.3, 0.4) is 0 Å². The van der Waals surface area contributed by atoms with E-state index in [2.05, 4.69) is 12.2 Å². The highest BCUT2D eigenvalue weighted by Crippen LogP contribution is 2.27. The Bertz CT molecular complexity index is 453. The molecule has 3 heteroatoms. The molecule has 1 amide bonds. The number of nitrogens with one attached hydrogen (secondary N) is 1. The molecule has 2 rings (SSSR count). The standard InChI is InChI=1S/C18H28N2O/c1-4-14-6-5-7-16(11-8-14)19-17-12-9-15(10-13-17)18(21)20(2)3/h9-10,12-14,16,19H,4-8,11H2,1-3H3. The van der Waals surface area contributed by atoms with Gasteiger partial charge in [0.2, 0.25) is 0 Å². The van der Waals surface area contributed by atoms with Crippen molar-refractivity contribution in [2.75, 3.05) is 19.4 Å². The van der Waals surface area contributed by atoms with Crippen LogP contribution in [0.2, 0.25) is 0 Å². The van der Waals surface area contributed by atoms with Gasteiger partial charge in [-0.2, -0.15) is 0 Å². The largest absolute Gasteiger partial charge is 0.382 e. The third-order valence-electron chi connectivity index (χ3n) is 4.57. The van der Waals surface area contributed by atoms with E-state index in [0.29, 0.717) is 6.04 Å². The van der Waals surface area contributed by atoms with Crippen LogP contribution in [0.15, 0.2) is 24.3 Å². The first kappa shape index (κ1) is 15.9. The second kappa shape index (κ2) is 7.48. The molecule has 116 valence electrons. The Morgan fingerprint density at radius 2 is 1.86 bits per heavy atom. The molecule has 0 radical (unpaired) electrons. The number of carbonyl (C=O) groups excluding carboxylic acids is 1. The van der Waals surface area contributed by atoms with Crippen molar-refractivity contribution in [2.45, 2.75) is 51.5 Å². The quantitative estimate of drug-likeness (QED) is 0.844. The van der Waals surface area contributed by atoms with Crippen molar-refractivity contribution in [3.8, 4) is 0 Å². The summed E-state index contributed by atoms with van der Waals surface area (Å²) in [6.07, 6.45) is 7.88. The highest BCUT2D eigenvalue weighted by Gasteiger charge is 2.17. The normalized spacial score (nSPS) is 22.4. The van der Waals surface area contributed by atoms with Crippen LogP contribution in [0.1, 0.15) is 55.8 Å². The molecule has 21 heavy (non-hydrogen) atoms. The summed E-state index contributed by atoms with van der Waals surface area (Å²) in [5, 5.41) is 3.64. The summed E-state index contributed by atoms with van der Waals surface area (Å²) in [7, 11) is 3.56. The lowest BCUT2D eigenvalue weighted by Crippen LogP contribution is -2.22. The number of carbonyl (C=O) groups is 1. The summed E-state index contributed by atoms with van der Waals surface area (Å²) >= 11 is 0. The smallest absolute Gasteiger partial charge is 0.253 e. The first-order chi connectivity index (χ1) is 10.1. The molecule has 2 atom stereocenters. The molecule has 1 fully saturated rings. The lowest BCUT2D eigenvalue weighted by atomic mass is 9.98. The van der Waals surface area contributed by atoms with Crippen molar-refractivity contribution < 1.29 is 4.79 Å². The average Bonchev–Trinajstić information content (AvgIpc) is 2.72. The highest BCUT2D eigenvalue weighted by molar-refractivity contribution is 5.94. The molecule has 1 saturated carbocycles. The molecule has 0 heterocycles. The van der Waals surface area contributed by atoms with Crippen molar-refractivity contribution in [1.82, 2.24) is 4.90 Å². The van der Waals surface area contributed by atoms with E-state index < -0.39 is 0 Å². The average molecular weight is 288 g/mol. The summed E-state index contributed by atoms with van der Waals surface area (Å²) in [5.41, 5.74) is 1.88. The predicted molar refractivity (Wildman–Crippen MR) is 88.7 cm³/mol. The summed E-state index contributed by atoms with van der Waals surface area (Å²) in [5.74, 6) is 0.971. The lowest BCUT2D eigenvalue weighted by molar-refractivity contribution is 0.0827. The van der Waals surface area contributed by atoms with Crippen molar-refractivity contribution in [2.24, 2.45) is 5.92 Å². The van der Waals surface area contributed by atoms with Gasteiger partial charge in [0.05, 0.1) is 0 Å². The molecule has 1 aromatic carbocycles. The third-order valence-corrected chi connectivity index (χ3v) is 4.57. The van der Waals surface area contributed by atoms with Crippen molar-refractivity contribution in [3.63, 3.8) is 0 Å². The molecule has 1 aliphatic rings. The first-order valence-corrected chi connectivity index (χ1v) is 8.18. The molecule has 1 aliphatic carbocycles. The number of rotatable bonds is 4. The van der Waals surface area contributed by atoms with Crippen LogP contribution in [0.5, 0.6) is 0 Å². The Hall–Kier alpha value is -1.51. The van der Waals surface area contributed by atoms with E-state index in [1.54, 1.807) is 19.0 Å². The van der Waals surface area contributed by atoms with Gasteiger partial charge in [-0.05, 0) is 49.4 Å². The minimum atomic E-state index is 0.0572. The maximum absolute atomic E-state index is 11.9. The zero-order valence-corrected chi connectivity index (χ0v) is 13.6. The Morgan fingerprint density at radius 1 is 1.14 bits per heavy atom. The number of hydrogen-bond donors (Lipinski definition) is 1. The van der Waals surface area contributed by atoms with Gasteiger partial charge in [0.25, 0.3) is 5.91 Å². The fraction of sp³-hybridized carbons (Fsp3) is 0.611. The fourth-order valence-corrected chi connectivity index (χ4v) is 3.13. The topological polar surface area (TPSA) is 32.3 Å². The number of nitrogens with zero attached hydrogens (tertiary/aromatic N) is 1. The maximum atomic E-state index is 11.9. The van der Waals surface area contributed by atoms with Gasteiger partial charge < -0.3 is 10.2 Å². The highest BCUT2D eigenvalue weighted by atomic mass is 16.2. The predicted octanol–water partition coefficient (Wildman–Crippen LogP) is 4.16. The molecular weight excluding hydrogens is 260 g/mol. The minimum Gasteiger partial charge on any atom is -0.382 e. The van der Waals surface area contributed by atoms with Crippen LogP contribution < -0.4 is 5.32 Å². The Balaban J connectivity index is 1.92. The van der Waals surface area contributed by atoms with Gasteiger partial charge in [0, 0.05) is 31.4 Å². The Morgan fingerprint density at radius 3 is 2.48 bits per heavy atom. The number of amides is 1. The summed E-state index contributed by atoms with van der Waals surface area (Å²) in [4.78, 5) is 13.5. The molecular formula is C18H28N2O. The van der Waals surface area contributed by atoms with Gasteiger partial charge in [-0.25, -0.2) is 0 Å². The third kappa shape index (κ3) is 4.48. The number of hydrogen-bond acceptors (Lipinski definition) is 2. The zero-order chi connectivity index (χ0) is 15.2. The molecule has 0 saturated heterocycles. The molecule has 1 aromatic rings. The van der Waals surface area contributed by atoms with E-state index in [9.17, 15) is 4.79 Å². The number of anilines is 1. The van der Waals surface area contributed by atoms with Crippen LogP contribution in [0, 0.1) is 5.92 Å². The van der Waals surface area contributed by atoms with Crippen LogP contribution in [0.25, 0.3) is 0 Å².